The number of hydrogen-bond donors (Lipinski definition) is 5. The van der Waals surface area contributed by atoms with E-state index in [2.05, 4.69) is 20.9 Å². The van der Waals surface area contributed by atoms with Gasteiger partial charge in [0.25, 0.3) is 5.91 Å². The predicted molar refractivity (Wildman–Crippen MR) is 160 cm³/mol. The van der Waals surface area contributed by atoms with Crippen LogP contribution in [-0.4, -0.2) is 78.0 Å². The Morgan fingerprint density at radius 2 is 1.86 bits per heavy atom. The molecule has 43 heavy (non-hydrogen) atoms. The topological polar surface area (TPSA) is 176 Å². The summed E-state index contributed by atoms with van der Waals surface area (Å²) in [7, 11) is 1.54. The van der Waals surface area contributed by atoms with E-state index in [1.54, 1.807) is 25.1 Å². The number of aromatic amines is 1. The van der Waals surface area contributed by atoms with Gasteiger partial charge in [0.15, 0.2) is 5.78 Å². The maximum Gasteiger partial charge on any atom is 0.311 e. The van der Waals surface area contributed by atoms with E-state index in [9.17, 15) is 29.1 Å². The first-order valence-corrected chi connectivity index (χ1v) is 14.7. The molecule has 1 aliphatic rings. The number of carbonyl (C=O) groups excluding carboxylic acids is 4. The van der Waals surface area contributed by atoms with Gasteiger partial charge >= 0.3 is 5.97 Å². The van der Waals surface area contributed by atoms with Crippen LogP contribution in [0.3, 0.4) is 0 Å². The molecular weight excluding hydrogens is 556 g/mol. The molecule has 1 aromatic heterocycles. The molecular formula is C31H44N4O8. The Bertz CT molecular complexity index is 1330. The minimum atomic E-state index is -1.24. The standard InChI is InChI=1S/C31H44N4O8/c1-7-26(31(4,5)30(40)41)43-16-24(36)21(14-18-11-12-32-27(18)37)34-28(38)22(13-17(2)3)35-29(39)23-15-19-20(33-23)9-8-10-25(19)42-6/h8-10,15,17-18,21-22,26,33H,7,11-14,16H2,1-6H3,(H,32,37)(H,34,38)(H,35,39)(H,40,41)/t18-,21?,22?,26?/m0/s1. The molecule has 0 saturated carbocycles. The number of H-pyrrole nitrogens is 1. The van der Waals surface area contributed by atoms with Crippen LogP contribution in [0.5, 0.6) is 5.75 Å². The van der Waals surface area contributed by atoms with Crippen molar-refractivity contribution in [3.8, 4) is 5.75 Å². The average Bonchev–Trinajstić information content (AvgIpc) is 3.57. The quantitative estimate of drug-likeness (QED) is 0.195. The minimum absolute atomic E-state index is 0.0283. The van der Waals surface area contributed by atoms with Crippen LogP contribution in [0.25, 0.3) is 10.9 Å². The number of carboxylic acids is 1. The summed E-state index contributed by atoms with van der Waals surface area (Å²) in [6.45, 7) is 8.68. The van der Waals surface area contributed by atoms with Gasteiger partial charge in [-0.1, -0.05) is 26.8 Å². The Hall–Kier alpha value is -3.93. The van der Waals surface area contributed by atoms with Crippen LogP contribution in [-0.2, 0) is 23.9 Å². The molecule has 3 rings (SSSR count). The fourth-order valence-electron chi connectivity index (χ4n) is 5.32. The third-order valence-electron chi connectivity index (χ3n) is 7.96. The molecule has 5 N–H and O–H groups in total. The van der Waals surface area contributed by atoms with E-state index in [-0.39, 0.29) is 23.9 Å². The molecule has 12 heteroatoms. The van der Waals surface area contributed by atoms with Crippen LogP contribution in [0.4, 0.5) is 0 Å². The van der Waals surface area contributed by atoms with Gasteiger partial charge in [0.1, 0.15) is 24.1 Å². The zero-order valence-electron chi connectivity index (χ0n) is 25.7. The molecule has 3 unspecified atom stereocenters. The molecule has 12 nitrogen and oxygen atoms in total. The highest BCUT2D eigenvalue weighted by atomic mass is 16.5. The fourth-order valence-corrected chi connectivity index (χ4v) is 5.32. The number of methoxy groups -OCH3 is 1. The molecule has 1 saturated heterocycles. The molecule has 0 spiro atoms. The number of amides is 3. The summed E-state index contributed by atoms with van der Waals surface area (Å²) < 4.78 is 11.1. The number of fused-ring (bicyclic) bond motifs is 1. The summed E-state index contributed by atoms with van der Waals surface area (Å²) in [5, 5.41) is 18.6. The first-order chi connectivity index (χ1) is 20.3. The van der Waals surface area contributed by atoms with Gasteiger partial charge in [0, 0.05) is 23.4 Å². The lowest BCUT2D eigenvalue weighted by atomic mass is 9.85. The fraction of sp³-hybridized carbons (Fsp3) is 0.581. The molecule has 3 amide bonds. The van der Waals surface area contributed by atoms with Crippen molar-refractivity contribution in [3.63, 3.8) is 0 Å². The van der Waals surface area contributed by atoms with Crippen molar-refractivity contribution in [3.05, 3.63) is 30.0 Å². The molecule has 1 fully saturated rings. The van der Waals surface area contributed by atoms with E-state index < -0.39 is 59.7 Å². The average molecular weight is 601 g/mol. The second kappa shape index (κ2) is 14.5. The molecule has 0 bridgehead atoms. The van der Waals surface area contributed by atoms with E-state index in [0.29, 0.717) is 37.1 Å². The zero-order valence-corrected chi connectivity index (χ0v) is 25.7. The zero-order chi connectivity index (χ0) is 31.9. The number of benzene rings is 1. The summed E-state index contributed by atoms with van der Waals surface area (Å²) >= 11 is 0. The van der Waals surface area contributed by atoms with E-state index in [1.165, 1.54) is 21.0 Å². The van der Waals surface area contributed by atoms with Gasteiger partial charge in [0.05, 0.1) is 24.7 Å². The Morgan fingerprint density at radius 1 is 1.14 bits per heavy atom. The Labute approximate surface area is 251 Å². The number of ether oxygens (including phenoxy) is 2. The molecule has 2 heterocycles. The normalized spacial score (nSPS) is 17.3. The van der Waals surface area contributed by atoms with Gasteiger partial charge in [-0.15, -0.1) is 0 Å². The summed E-state index contributed by atoms with van der Waals surface area (Å²) in [4.78, 5) is 67.4. The lowest BCUT2D eigenvalue weighted by Gasteiger charge is -2.30. The summed E-state index contributed by atoms with van der Waals surface area (Å²) in [6.07, 6.45) is 0.481. The van der Waals surface area contributed by atoms with Crippen molar-refractivity contribution < 1.29 is 38.6 Å². The largest absolute Gasteiger partial charge is 0.496 e. The van der Waals surface area contributed by atoms with Crippen LogP contribution in [0.15, 0.2) is 24.3 Å². The van der Waals surface area contributed by atoms with Crippen LogP contribution < -0.4 is 20.7 Å². The summed E-state index contributed by atoms with van der Waals surface area (Å²) in [5.74, 6) is -2.65. The molecule has 2 aromatic rings. The number of aliphatic carboxylic acids is 1. The van der Waals surface area contributed by atoms with E-state index >= 15 is 0 Å². The number of hydrogen-bond acceptors (Lipinski definition) is 7. The van der Waals surface area contributed by atoms with Crippen molar-refractivity contribution in [1.29, 1.82) is 0 Å². The molecule has 4 atom stereocenters. The smallest absolute Gasteiger partial charge is 0.311 e. The maximum absolute atomic E-state index is 13.6. The minimum Gasteiger partial charge on any atom is -0.496 e. The lowest BCUT2D eigenvalue weighted by molar-refractivity contribution is -0.159. The van der Waals surface area contributed by atoms with Crippen molar-refractivity contribution in [2.45, 2.75) is 78.5 Å². The van der Waals surface area contributed by atoms with Crippen LogP contribution in [0.1, 0.15) is 70.8 Å². The monoisotopic (exact) mass is 600 g/mol. The first kappa shape index (κ1) is 33.6. The molecule has 236 valence electrons. The van der Waals surface area contributed by atoms with Gasteiger partial charge in [-0.2, -0.15) is 0 Å². The highest BCUT2D eigenvalue weighted by Gasteiger charge is 2.38. The van der Waals surface area contributed by atoms with E-state index in [0.717, 1.165) is 5.39 Å². The molecule has 0 aliphatic carbocycles. The third-order valence-corrected chi connectivity index (χ3v) is 7.96. The lowest BCUT2D eigenvalue weighted by Crippen LogP contribution is -2.53. The van der Waals surface area contributed by atoms with Crippen LogP contribution >= 0.6 is 0 Å². The van der Waals surface area contributed by atoms with Crippen molar-refractivity contribution in [2.24, 2.45) is 17.3 Å². The Balaban J connectivity index is 1.79. The van der Waals surface area contributed by atoms with E-state index in [4.69, 9.17) is 9.47 Å². The van der Waals surface area contributed by atoms with Crippen molar-refractivity contribution >= 4 is 40.4 Å². The van der Waals surface area contributed by atoms with Gasteiger partial charge in [-0.05, 0) is 63.6 Å². The highest BCUT2D eigenvalue weighted by Crippen LogP contribution is 2.27. The maximum atomic E-state index is 13.6. The number of nitrogens with one attached hydrogen (secondary N) is 4. The third kappa shape index (κ3) is 8.34. The molecule has 0 radical (unpaired) electrons. The predicted octanol–water partition coefficient (Wildman–Crippen LogP) is 2.81. The Morgan fingerprint density at radius 3 is 2.44 bits per heavy atom. The summed E-state index contributed by atoms with van der Waals surface area (Å²) in [6, 6.07) is 5.00. The molecule has 1 aliphatic heterocycles. The molecule has 1 aromatic carbocycles. The van der Waals surface area contributed by atoms with Crippen molar-refractivity contribution in [1.82, 2.24) is 20.9 Å². The number of Topliss-reactive ketones (excluding diaryl/α,β-unsaturated/α-hetero) is 1. The van der Waals surface area contributed by atoms with Gasteiger partial charge in [-0.25, -0.2) is 0 Å². The van der Waals surface area contributed by atoms with Crippen LogP contribution in [0, 0.1) is 17.3 Å². The van der Waals surface area contributed by atoms with Gasteiger partial charge in [0.2, 0.25) is 11.8 Å². The second-order valence-electron chi connectivity index (χ2n) is 12.0. The van der Waals surface area contributed by atoms with Crippen molar-refractivity contribution in [2.75, 3.05) is 20.3 Å². The second-order valence-corrected chi connectivity index (χ2v) is 12.0. The van der Waals surface area contributed by atoms with Crippen LogP contribution in [0.2, 0.25) is 0 Å². The number of carbonyl (C=O) groups is 5. The Kier molecular flexibility index (Phi) is 11.3. The highest BCUT2D eigenvalue weighted by molar-refractivity contribution is 6.02. The number of ketones is 1. The van der Waals surface area contributed by atoms with Gasteiger partial charge in [-0.3, -0.25) is 24.0 Å². The number of aromatic nitrogens is 1. The number of rotatable bonds is 16. The number of carboxylic acid groups (broad SMARTS) is 1. The van der Waals surface area contributed by atoms with E-state index in [1.807, 2.05) is 19.9 Å². The first-order valence-electron chi connectivity index (χ1n) is 14.7. The SMILES string of the molecule is CCC(OCC(=O)C(C[C@@H]1CCNC1=O)NC(=O)C(CC(C)C)NC(=O)c1cc2c(OC)cccc2[nH]1)C(C)(C)C(=O)O. The summed E-state index contributed by atoms with van der Waals surface area (Å²) in [5.41, 5.74) is -0.291. The van der Waals surface area contributed by atoms with Gasteiger partial charge < -0.3 is 35.5 Å².